The Hall–Kier alpha value is -1.35. The van der Waals surface area contributed by atoms with E-state index in [-0.39, 0.29) is 17.3 Å². The molecule has 1 fully saturated rings. The van der Waals surface area contributed by atoms with E-state index >= 15 is 0 Å². The van der Waals surface area contributed by atoms with Crippen molar-refractivity contribution in [3.8, 4) is 0 Å². The second kappa shape index (κ2) is 5.96. The van der Waals surface area contributed by atoms with Gasteiger partial charge >= 0.3 is 5.97 Å². The first kappa shape index (κ1) is 15.0. The maximum atomic E-state index is 11.5. The van der Waals surface area contributed by atoms with Crippen LogP contribution in [-0.2, 0) is 19.4 Å². The van der Waals surface area contributed by atoms with Gasteiger partial charge in [0.25, 0.3) is 5.91 Å². The van der Waals surface area contributed by atoms with Gasteiger partial charge in [-0.05, 0) is 34.5 Å². The van der Waals surface area contributed by atoms with Crippen LogP contribution < -0.4 is 5.32 Å². The summed E-state index contributed by atoms with van der Waals surface area (Å²) in [6.07, 6.45) is 0.382. The predicted molar refractivity (Wildman–Crippen MR) is 71.9 cm³/mol. The van der Waals surface area contributed by atoms with E-state index in [1.165, 1.54) is 12.1 Å². The summed E-state index contributed by atoms with van der Waals surface area (Å²) in [5, 5.41) is 2.51. The molecule has 1 amide bonds. The van der Waals surface area contributed by atoms with Gasteiger partial charge in [-0.2, -0.15) is 0 Å². The van der Waals surface area contributed by atoms with E-state index in [1.54, 1.807) is 0 Å². The molecule has 1 saturated heterocycles. The van der Waals surface area contributed by atoms with Crippen LogP contribution in [0.5, 0.6) is 0 Å². The van der Waals surface area contributed by atoms with Crippen molar-refractivity contribution in [2.75, 3.05) is 18.1 Å². The zero-order chi connectivity index (χ0) is 14.8. The Labute approximate surface area is 123 Å². The third-order valence-corrected chi connectivity index (χ3v) is 4.90. The van der Waals surface area contributed by atoms with Crippen LogP contribution in [-0.4, -0.2) is 44.4 Å². The van der Waals surface area contributed by atoms with E-state index in [9.17, 15) is 18.0 Å². The number of esters is 1. The Morgan fingerprint density at radius 3 is 2.75 bits per heavy atom. The molecule has 7 nitrogen and oxygen atoms in total. The molecule has 20 heavy (non-hydrogen) atoms. The third kappa shape index (κ3) is 4.07. The number of furan rings is 1. The Balaban J connectivity index is 1.77. The number of hydrogen-bond donors (Lipinski definition) is 1. The van der Waals surface area contributed by atoms with E-state index in [2.05, 4.69) is 21.2 Å². The monoisotopic (exact) mass is 365 g/mol. The van der Waals surface area contributed by atoms with Gasteiger partial charge in [0.1, 0.15) is 0 Å². The maximum absolute atomic E-state index is 11.5. The quantitative estimate of drug-likeness (QED) is 0.779. The number of hydrogen-bond acceptors (Lipinski definition) is 6. The van der Waals surface area contributed by atoms with Gasteiger partial charge in [0.05, 0.1) is 11.5 Å². The fourth-order valence-electron chi connectivity index (χ4n) is 1.80. The molecule has 0 aliphatic carbocycles. The van der Waals surface area contributed by atoms with Gasteiger partial charge in [-0.3, -0.25) is 4.79 Å². The first-order valence-corrected chi connectivity index (χ1v) is 8.39. The molecule has 1 aliphatic heterocycles. The molecule has 9 heteroatoms. The summed E-state index contributed by atoms with van der Waals surface area (Å²) in [6.45, 7) is -0.478. The molecule has 0 aromatic carbocycles. The zero-order valence-corrected chi connectivity index (χ0v) is 12.7. The standard InChI is InChI=1S/C11H12BrNO6S/c12-9-2-1-8(19-9)11(15)18-5-10(14)13-7-3-4-20(16,17)6-7/h1-2,7H,3-6H2,(H,13,14). The third-order valence-electron chi connectivity index (χ3n) is 2.71. The highest BCUT2D eigenvalue weighted by molar-refractivity contribution is 9.10. The molecule has 1 atom stereocenters. The number of rotatable bonds is 4. The van der Waals surface area contributed by atoms with E-state index < -0.39 is 34.4 Å². The summed E-state index contributed by atoms with van der Waals surface area (Å²) in [6, 6.07) is 2.53. The summed E-state index contributed by atoms with van der Waals surface area (Å²) in [7, 11) is -3.06. The summed E-state index contributed by atoms with van der Waals surface area (Å²) in [4.78, 5) is 23.0. The molecule has 0 bridgehead atoms. The van der Waals surface area contributed by atoms with Crippen molar-refractivity contribution in [2.45, 2.75) is 12.5 Å². The topological polar surface area (TPSA) is 103 Å². The lowest BCUT2D eigenvalue weighted by molar-refractivity contribution is -0.124. The Kier molecular flexibility index (Phi) is 4.48. The van der Waals surface area contributed by atoms with Crippen molar-refractivity contribution >= 4 is 37.6 Å². The first-order chi connectivity index (χ1) is 9.35. The van der Waals surface area contributed by atoms with Crippen molar-refractivity contribution in [3.05, 3.63) is 22.6 Å². The Morgan fingerprint density at radius 2 is 2.20 bits per heavy atom. The molecule has 2 heterocycles. The summed E-state index contributed by atoms with van der Waals surface area (Å²) in [5.74, 6) is -1.32. The molecule has 1 unspecified atom stereocenters. The zero-order valence-electron chi connectivity index (χ0n) is 10.3. The second-order valence-corrected chi connectivity index (χ2v) is 7.36. The normalized spacial score (nSPS) is 20.6. The summed E-state index contributed by atoms with van der Waals surface area (Å²) in [5.41, 5.74) is 0. The van der Waals surface area contributed by atoms with E-state index in [0.717, 1.165) is 0 Å². The van der Waals surface area contributed by atoms with Crippen LogP contribution in [0.25, 0.3) is 0 Å². The second-order valence-electron chi connectivity index (χ2n) is 4.35. The lowest BCUT2D eigenvalue weighted by atomic mass is 10.2. The summed E-state index contributed by atoms with van der Waals surface area (Å²) >= 11 is 3.04. The van der Waals surface area contributed by atoms with Crippen molar-refractivity contribution in [1.29, 1.82) is 0 Å². The SMILES string of the molecule is O=C(COC(=O)c1ccc(Br)o1)NC1CCS(=O)(=O)C1. The fourth-order valence-corrected chi connectivity index (χ4v) is 3.78. The van der Waals surface area contributed by atoms with Gasteiger partial charge in [0.15, 0.2) is 21.1 Å². The number of carbonyl (C=O) groups is 2. The van der Waals surface area contributed by atoms with Crippen molar-refractivity contribution in [3.63, 3.8) is 0 Å². The molecular formula is C11H12BrNO6S. The molecule has 0 radical (unpaired) electrons. The maximum Gasteiger partial charge on any atom is 0.374 e. The van der Waals surface area contributed by atoms with Gasteiger partial charge in [-0.1, -0.05) is 0 Å². The predicted octanol–water partition coefficient (Wildman–Crippen LogP) is 0.502. The molecule has 1 aliphatic rings. The molecule has 1 aromatic heterocycles. The van der Waals surface area contributed by atoms with Crippen LogP contribution >= 0.6 is 15.9 Å². The average Bonchev–Trinajstić information content (AvgIpc) is 2.92. The molecular weight excluding hydrogens is 354 g/mol. The van der Waals surface area contributed by atoms with Crippen molar-refractivity contribution < 1.29 is 27.2 Å². The highest BCUT2D eigenvalue weighted by Crippen LogP contribution is 2.15. The van der Waals surface area contributed by atoms with Crippen LogP contribution in [0.15, 0.2) is 21.2 Å². The van der Waals surface area contributed by atoms with Gasteiger partial charge in [-0.25, -0.2) is 13.2 Å². The first-order valence-electron chi connectivity index (χ1n) is 5.78. The Bertz CT molecular complexity index is 623. The van der Waals surface area contributed by atoms with Gasteiger partial charge in [-0.15, -0.1) is 0 Å². The lowest BCUT2D eigenvalue weighted by Crippen LogP contribution is -2.38. The smallest absolute Gasteiger partial charge is 0.374 e. The molecule has 0 spiro atoms. The Morgan fingerprint density at radius 1 is 1.45 bits per heavy atom. The minimum Gasteiger partial charge on any atom is -0.450 e. The van der Waals surface area contributed by atoms with Crippen LogP contribution in [0.1, 0.15) is 17.0 Å². The minimum atomic E-state index is -3.06. The van der Waals surface area contributed by atoms with Gasteiger partial charge in [0.2, 0.25) is 5.76 Å². The van der Waals surface area contributed by atoms with Crippen LogP contribution in [0.4, 0.5) is 0 Å². The molecule has 1 N–H and O–H groups in total. The molecule has 1 aromatic rings. The van der Waals surface area contributed by atoms with E-state index in [4.69, 9.17) is 9.15 Å². The number of halogens is 1. The van der Waals surface area contributed by atoms with Gasteiger partial charge in [0, 0.05) is 6.04 Å². The van der Waals surface area contributed by atoms with Gasteiger partial charge < -0.3 is 14.5 Å². The van der Waals surface area contributed by atoms with Crippen LogP contribution in [0.3, 0.4) is 0 Å². The molecule has 2 rings (SSSR count). The number of nitrogens with one attached hydrogen (secondary N) is 1. The van der Waals surface area contributed by atoms with E-state index in [0.29, 0.717) is 11.1 Å². The molecule has 110 valence electrons. The van der Waals surface area contributed by atoms with Crippen LogP contribution in [0, 0.1) is 0 Å². The number of ether oxygens (including phenoxy) is 1. The van der Waals surface area contributed by atoms with Crippen LogP contribution in [0.2, 0.25) is 0 Å². The number of amides is 1. The average molecular weight is 366 g/mol. The fraction of sp³-hybridized carbons (Fsp3) is 0.455. The van der Waals surface area contributed by atoms with Crippen molar-refractivity contribution in [1.82, 2.24) is 5.32 Å². The molecule has 0 saturated carbocycles. The summed E-state index contributed by atoms with van der Waals surface area (Å²) < 4.78 is 32.5. The highest BCUT2D eigenvalue weighted by atomic mass is 79.9. The minimum absolute atomic E-state index is 0.0203. The largest absolute Gasteiger partial charge is 0.450 e. The van der Waals surface area contributed by atoms with Crippen molar-refractivity contribution in [2.24, 2.45) is 0 Å². The number of carbonyl (C=O) groups excluding carboxylic acids is 2. The lowest BCUT2D eigenvalue weighted by Gasteiger charge is -2.10. The van der Waals surface area contributed by atoms with E-state index in [1.807, 2.05) is 0 Å². The number of sulfone groups is 1. The highest BCUT2D eigenvalue weighted by Gasteiger charge is 2.29.